The molecule has 4 rings (SSSR count). The number of rotatable bonds is 9. The minimum Gasteiger partial charge on any atom is -0.482 e. The van der Waals surface area contributed by atoms with E-state index in [0.717, 1.165) is 36.2 Å². The Morgan fingerprint density at radius 1 is 1.19 bits per heavy atom. The lowest BCUT2D eigenvalue weighted by molar-refractivity contribution is -0.136. The Balaban J connectivity index is 0.000000695. The number of carboxylic acids is 1. The lowest BCUT2D eigenvalue weighted by atomic mass is 10.1. The van der Waals surface area contributed by atoms with Gasteiger partial charge in [-0.1, -0.05) is 39.3 Å². The summed E-state index contributed by atoms with van der Waals surface area (Å²) < 4.78 is 5.36. The first-order valence-corrected chi connectivity index (χ1v) is 12.2. The number of carboxylic acid groups (broad SMARTS) is 1. The molecule has 2 amide bonds. The van der Waals surface area contributed by atoms with Crippen molar-refractivity contribution in [2.24, 2.45) is 0 Å². The Hall–Kier alpha value is -4.41. The fourth-order valence-corrected chi connectivity index (χ4v) is 3.49. The molecule has 0 bridgehead atoms. The SMILES string of the molecule is CCC(=O)O.CCC/C=C(/CC)Nc1c[nH]c2c(C(=O)NCc3ccc4c(c3)NC(=O)CO4)ncnc12. The number of aromatic amines is 1. The van der Waals surface area contributed by atoms with Crippen LogP contribution in [0.15, 0.2) is 42.5 Å². The van der Waals surface area contributed by atoms with E-state index in [1.54, 1.807) is 25.3 Å². The van der Waals surface area contributed by atoms with Crippen LogP contribution in [0.2, 0.25) is 0 Å². The lowest BCUT2D eigenvalue weighted by Gasteiger charge is -2.18. The number of nitrogens with one attached hydrogen (secondary N) is 4. The molecule has 0 saturated heterocycles. The maximum absolute atomic E-state index is 12.9. The average molecular weight is 509 g/mol. The number of amides is 2. The highest BCUT2D eigenvalue weighted by atomic mass is 16.5. The van der Waals surface area contributed by atoms with E-state index in [4.69, 9.17) is 9.84 Å². The molecule has 37 heavy (non-hydrogen) atoms. The number of ether oxygens (including phenoxy) is 1. The van der Waals surface area contributed by atoms with Gasteiger partial charge in [0.25, 0.3) is 11.8 Å². The van der Waals surface area contributed by atoms with Gasteiger partial charge in [-0.15, -0.1) is 0 Å². The maximum Gasteiger partial charge on any atom is 0.303 e. The van der Waals surface area contributed by atoms with E-state index in [1.165, 1.54) is 6.33 Å². The molecule has 1 aromatic carbocycles. The molecule has 196 valence electrons. The van der Waals surface area contributed by atoms with Crippen LogP contribution in [-0.4, -0.2) is 44.4 Å². The molecule has 1 aliphatic heterocycles. The summed E-state index contributed by atoms with van der Waals surface area (Å²) in [5.74, 6) is -0.650. The number of aliphatic carboxylic acids is 1. The molecule has 0 radical (unpaired) electrons. The van der Waals surface area contributed by atoms with Gasteiger partial charge in [0.2, 0.25) is 0 Å². The third-order valence-electron chi connectivity index (χ3n) is 5.47. The number of anilines is 2. The molecule has 11 nitrogen and oxygen atoms in total. The van der Waals surface area contributed by atoms with Crippen molar-refractivity contribution >= 4 is 40.2 Å². The summed E-state index contributed by atoms with van der Waals surface area (Å²) in [6, 6.07) is 5.41. The summed E-state index contributed by atoms with van der Waals surface area (Å²) in [6.07, 6.45) is 8.55. The number of unbranched alkanes of at least 4 members (excludes halogenated alkanes) is 1. The standard InChI is InChI=1S/C23H26N6O3.C3H6O2/c1-3-5-6-15(4-2)28-17-11-24-21-20(17)26-13-27-22(21)23(31)25-10-14-7-8-18-16(9-14)29-19(30)12-32-18;1-2-3(4)5/h6-9,11,13,24,28H,3-5,10,12H2,1-2H3,(H,25,31)(H,29,30);2H2,1H3,(H,4,5)/b15-6-;. The molecule has 3 aromatic rings. The van der Waals surface area contributed by atoms with Gasteiger partial charge >= 0.3 is 5.97 Å². The molecule has 0 saturated carbocycles. The summed E-state index contributed by atoms with van der Waals surface area (Å²) >= 11 is 0. The number of carbonyl (C=O) groups excluding carboxylic acids is 2. The Morgan fingerprint density at radius 3 is 2.68 bits per heavy atom. The van der Waals surface area contributed by atoms with E-state index in [0.29, 0.717) is 22.5 Å². The number of aromatic nitrogens is 3. The highest BCUT2D eigenvalue weighted by Gasteiger charge is 2.18. The van der Waals surface area contributed by atoms with Gasteiger partial charge in [0.15, 0.2) is 12.3 Å². The molecular formula is C26H32N6O5. The topological polar surface area (TPSA) is 158 Å². The second kappa shape index (κ2) is 13.1. The normalized spacial score (nSPS) is 12.5. The van der Waals surface area contributed by atoms with Crippen molar-refractivity contribution in [3.05, 3.63) is 53.8 Å². The summed E-state index contributed by atoms with van der Waals surface area (Å²) in [5.41, 5.74) is 4.86. The first kappa shape index (κ1) is 27.2. The average Bonchev–Trinajstić information content (AvgIpc) is 3.32. The van der Waals surface area contributed by atoms with Gasteiger partial charge in [-0.05, 0) is 30.5 Å². The number of carbonyl (C=O) groups is 3. The van der Waals surface area contributed by atoms with Gasteiger partial charge in [0.1, 0.15) is 17.6 Å². The Labute approximate surface area is 214 Å². The van der Waals surface area contributed by atoms with Crippen molar-refractivity contribution in [1.82, 2.24) is 20.3 Å². The smallest absolute Gasteiger partial charge is 0.303 e. The number of fused-ring (bicyclic) bond motifs is 2. The van der Waals surface area contributed by atoms with Crippen LogP contribution in [0, 0.1) is 0 Å². The van der Waals surface area contributed by atoms with E-state index in [9.17, 15) is 14.4 Å². The highest BCUT2D eigenvalue weighted by molar-refractivity contribution is 6.05. The number of allylic oxidation sites excluding steroid dienone is 2. The van der Waals surface area contributed by atoms with E-state index in [1.807, 2.05) is 6.07 Å². The quantitative estimate of drug-likeness (QED) is 0.288. The van der Waals surface area contributed by atoms with E-state index in [-0.39, 0.29) is 37.1 Å². The van der Waals surface area contributed by atoms with Gasteiger partial charge in [-0.2, -0.15) is 0 Å². The van der Waals surface area contributed by atoms with Crippen LogP contribution in [0.4, 0.5) is 11.4 Å². The minimum atomic E-state index is -0.745. The third-order valence-corrected chi connectivity index (χ3v) is 5.47. The van der Waals surface area contributed by atoms with Crippen LogP contribution in [0.1, 0.15) is 62.5 Å². The van der Waals surface area contributed by atoms with E-state index < -0.39 is 5.97 Å². The van der Waals surface area contributed by atoms with Crippen LogP contribution in [0.25, 0.3) is 11.0 Å². The third kappa shape index (κ3) is 7.29. The summed E-state index contributed by atoms with van der Waals surface area (Å²) in [6.45, 7) is 6.12. The fourth-order valence-electron chi connectivity index (χ4n) is 3.49. The summed E-state index contributed by atoms with van der Waals surface area (Å²) in [7, 11) is 0. The zero-order valence-electron chi connectivity index (χ0n) is 21.2. The molecule has 5 N–H and O–H groups in total. The first-order chi connectivity index (χ1) is 17.9. The van der Waals surface area contributed by atoms with Crippen molar-refractivity contribution in [1.29, 1.82) is 0 Å². The molecule has 0 spiro atoms. The number of H-pyrrole nitrogens is 1. The van der Waals surface area contributed by atoms with Crippen molar-refractivity contribution in [2.75, 3.05) is 17.2 Å². The Bertz CT molecular complexity index is 1300. The Kier molecular flexibility index (Phi) is 9.59. The molecule has 0 atom stereocenters. The van der Waals surface area contributed by atoms with Gasteiger partial charge < -0.3 is 30.8 Å². The molecule has 2 aromatic heterocycles. The predicted octanol–water partition coefficient (Wildman–Crippen LogP) is 4.21. The fraction of sp³-hybridized carbons (Fsp3) is 0.346. The Morgan fingerprint density at radius 2 is 1.97 bits per heavy atom. The molecule has 3 heterocycles. The number of hydrogen-bond acceptors (Lipinski definition) is 7. The number of benzene rings is 1. The summed E-state index contributed by atoms with van der Waals surface area (Å²) in [4.78, 5) is 45.4. The van der Waals surface area contributed by atoms with E-state index >= 15 is 0 Å². The van der Waals surface area contributed by atoms with Crippen LogP contribution in [0.3, 0.4) is 0 Å². The highest BCUT2D eigenvalue weighted by Crippen LogP contribution is 2.28. The molecule has 1 aliphatic rings. The largest absolute Gasteiger partial charge is 0.482 e. The first-order valence-electron chi connectivity index (χ1n) is 12.2. The van der Waals surface area contributed by atoms with Crippen molar-refractivity contribution < 1.29 is 24.2 Å². The molecule has 0 aliphatic carbocycles. The van der Waals surface area contributed by atoms with Crippen molar-refractivity contribution in [3.8, 4) is 5.75 Å². The molecule has 11 heteroatoms. The van der Waals surface area contributed by atoms with E-state index in [2.05, 4.69) is 50.8 Å². The molecular weight excluding hydrogens is 476 g/mol. The molecule has 0 unspecified atom stereocenters. The van der Waals surface area contributed by atoms with Crippen LogP contribution in [-0.2, 0) is 16.1 Å². The van der Waals surface area contributed by atoms with Gasteiger partial charge in [-0.3, -0.25) is 14.4 Å². The zero-order valence-corrected chi connectivity index (χ0v) is 21.2. The van der Waals surface area contributed by atoms with Gasteiger partial charge in [0, 0.05) is 24.9 Å². The van der Waals surface area contributed by atoms with Crippen molar-refractivity contribution in [3.63, 3.8) is 0 Å². The van der Waals surface area contributed by atoms with Crippen molar-refractivity contribution in [2.45, 2.75) is 53.0 Å². The zero-order chi connectivity index (χ0) is 26.8. The second-order valence-corrected chi connectivity index (χ2v) is 8.24. The minimum absolute atomic E-state index is 0.00787. The monoisotopic (exact) mass is 508 g/mol. The molecule has 0 fully saturated rings. The van der Waals surface area contributed by atoms with Crippen LogP contribution in [0.5, 0.6) is 5.75 Å². The summed E-state index contributed by atoms with van der Waals surface area (Å²) in [5, 5.41) is 16.8. The predicted molar refractivity (Wildman–Crippen MR) is 140 cm³/mol. The van der Waals surface area contributed by atoms with Gasteiger partial charge in [0.05, 0.1) is 16.9 Å². The number of nitrogens with zero attached hydrogens (tertiary/aromatic N) is 2. The van der Waals surface area contributed by atoms with Crippen LogP contribution >= 0.6 is 0 Å². The van der Waals surface area contributed by atoms with Crippen LogP contribution < -0.4 is 20.7 Å². The van der Waals surface area contributed by atoms with Gasteiger partial charge in [-0.25, -0.2) is 9.97 Å². The second-order valence-electron chi connectivity index (χ2n) is 8.24. The maximum atomic E-state index is 12.9. The lowest BCUT2D eigenvalue weighted by Crippen LogP contribution is -2.26. The number of hydrogen-bond donors (Lipinski definition) is 5.